The predicted molar refractivity (Wildman–Crippen MR) is 144 cm³/mol. The second-order valence-corrected chi connectivity index (χ2v) is 8.64. The van der Waals surface area contributed by atoms with Gasteiger partial charge in [0.1, 0.15) is 17.1 Å². The van der Waals surface area contributed by atoms with Crippen molar-refractivity contribution in [3.63, 3.8) is 0 Å². The van der Waals surface area contributed by atoms with E-state index < -0.39 is 16.7 Å². The maximum absolute atomic E-state index is 13.6. The summed E-state index contributed by atoms with van der Waals surface area (Å²) in [7, 11) is 0. The Kier molecular flexibility index (Phi) is 6.21. The molecule has 4 aromatic rings. The molecule has 8 nitrogen and oxygen atoms in total. The van der Waals surface area contributed by atoms with Crippen molar-refractivity contribution in [1.29, 1.82) is 0 Å². The second kappa shape index (κ2) is 9.63. The van der Waals surface area contributed by atoms with Gasteiger partial charge in [0, 0.05) is 6.07 Å². The van der Waals surface area contributed by atoms with Gasteiger partial charge in [-0.25, -0.2) is 0 Å². The van der Waals surface area contributed by atoms with Gasteiger partial charge < -0.3 is 4.42 Å². The number of benzene rings is 3. The van der Waals surface area contributed by atoms with Crippen molar-refractivity contribution in [3.8, 4) is 11.3 Å². The third kappa shape index (κ3) is 4.43. The van der Waals surface area contributed by atoms with Crippen molar-refractivity contribution < 1.29 is 18.9 Å². The number of nitro benzene ring substituents is 1. The first-order valence-corrected chi connectivity index (χ1v) is 11.7. The lowest BCUT2D eigenvalue weighted by atomic mass is 10.1. The molecule has 0 saturated carbocycles. The van der Waals surface area contributed by atoms with E-state index in [0.717, 1.165) is 5.56 Å². The van der Waals surface area contributed by atoms with Crippen LogP contribution in [0.2, 0.25) is 0 Å². The van der Waals surface area contributed by atoms with Gasteiger partial charge in [-0.15, -0.1) is 0 Å². The number of hydrogen-bond donors (Lipinski definition) is 0. The number of carbonyl (C=O) groups is 2. The van der Waals surface area contributed by atoms with Crippen LogP contribution in [0.15, 0.2) is 101 Å². The fourth-order valence-electron chi connectivity index (χ4n) is 4.06. The van der Waals surface area contributed by atoms with Crippen molar-refractivity contribution in [3.05, 3.63) is 118 Å². The highest BCUT2D eigenvalue weighted by Crippen LogP contribution is 2.34. The van der Waals surface area contributed by atoms with E-state index in [1.54, 1.807) is 79.7 Å². The lowest BCUT2D eigenvalue weighted by Gasteiger charge is -2.36. The lowest BCUT2D eigenvalue weighted by molar-refractivity contribution is -0.384. The summed E-state index contributed by atoms with van der Waals surface area (Å²) < 4.78 is 5.85. The maximum atomic E-state index is 13.6. The molecule has 1 aliphatic rings. The molecule has 3 aromatic carbocycles. The summed E-state index contributed by atoms with van der Waals surface area (Å²) in [6, 6.07) is 25.5. The van der Waals surface area contributed by atoms with Crippen LogP contribution in [0.5, 0.6) is 0 Å². The topological polar surface area (TPSA) is 96.9 Å². The van der Waals surface area contributed by atoms with Gasteiger partial charge in [-0.2, -0.15) is 0 Å². The highest BCUT2D eigenvalue weighted by molar-refractivity contribution is 7.81. The van der Waals surface area contributed by atoms with Gasteiger partial charge in [-0.3, -0.25) is 29.5 Å². The molecule has 0 atom stereocenters. The second-order valence-electron chi connectivity index (χ2n) is 8.27. The van der Waals surface area contributed by atoms with Gasteiger partial charge in [0.15, 0.2) is 5.11 Å². The van der Waals surface area contributed by atoms with E-state index in [-0.39, 0.29) is 27.9 Å². The molecular formula is C28H19N3O5S. The van der Waals surface area contributed by atoms with E-state index in [0.29, 0.717) is 16.9 Å². The summed E-state index contributed by atoms with van der Waals surface area (Å²) in [5.74, 6) is -0.777. The van der Waals surface area contributed by atoms with Gasteiger partial charge in [-0.05, 0) is 73.2 Å². The molecule has 2 amide bonds. The van der Waals surface area contributed by atoms with Gasteiger partial charge in [-0.1, -0.05) is 42.5 Å². The minimum Gasteiger partial charge on any atom is -0.456 e. The molecule has 37 heavy (non-hydrogen) atoms. The van der Waals surface area contributed by atoms with Gasteiger partial charge in [0.25, 0.3) is 17.5 Å². The fraction of sp³-hybridized carbons (Fsp3) is 0.0357. The van der Waals surface area contributed by atoms with Crippen LogP contribution < -0.4 is 9.80 Å². The first-order chi connectivity index (χ1) is 17.8. The Hall–Kier alpha value is -4.89. The Bertz CT molecular complexity index is 1510. The maximum Gasteiger partial charge on any atom is 0.280 e. The Morgan fingerprint density at radius 1 is 0.838 bits per heavy atom. The van der Waals surface area contributed by atoms with E-state index in [2.05, 4.69) is 0 Å². The third-order valence-electron chi connectivity index (χ3n) is 5.81. The van der Waals surface area contributed by atoms with Crippen LogP contribution in [0.3, 0.4) is 0 Å². The third-order valence-corrected chi connectivity index (χ3v) is 6.17. The number of carbonyl (C=O) groups excluding carboxylic acids is 2. The number of amides is 2. The quantitative estimate of drug-likeness (QED) is 0.109. The van der Waals surface area contributed by atoms with Crippen LogP contribution in [-0.4, -0.2) is 21.9 Å². The minimum atomic E-state index is -0.604. The average molecular weight is 510 g/mol. The van der Waals surface area contributed by atoms with Crippen molar-refractivity contribution in [2.24, 2.45) is 0 Å². The number of thiocarbonyl (C=S) groups is 1. The van der Waals surface area contributed by atoms with E-state index in [1.165, 1.54) is 21.9 Å². The molecule has 0 aliphatic carbocycles. The molecule has 0 spiro atoms. The number of para-hydroxylation sites is 2. The van der Waals surface area contributed by atoms with Gasteiger partial charge in [0.2, 0.25) is 0 Å². The lowest BCUT2D eigenvalue weighted by Crippen LogP contribution is -2.56. The molecule has 182 valence electrons. The van der Waals surface area contributed by atoms with Crippen LogP contribution >= 0.6 is 12.2 Å². The largest absolute Gasteiger partial charge is 0.456 e. The first-order valence-electron chi connectivity index (χ1n) is 11.2. The molecule has 1 saturated heterocycles. The normalized spacial score (nSPS) is 13.8. The van der Waals surface area contributed by atoms with Crippen LogP contribution in [-0.2, 0) is 9.59 Å². The molecule has 0 bridgehead atoms. The Morgan fingerprint density at radius 3 is 1.95 bits per heavy atom. The van der Waals surface area contributed by atoms with E-state index >= 15 is 0 Å². The number of nitro groups is 1. The molecular weight excluding hydrogens is 490 g/mol. The summed E-state index contributed by atoms with van der Waals surface area (Å²) in [5.41, 5.74) is 1.77. The predicted octanol–water partition coefficient (Wildman–Crippen LogP) is 5.91. The smallest absolute Gasteiger partial charge is 0.280 e. The molecule has 9 heteroatoms. The zero-order valence-corrected chi connectivity index (χ0v) is 20.3. The summed E-state index contributed by atoms with van der Waals surface area (Å²) in [6.45, 7) is 1.76. The zero-order chi connectivity index (χ0) is 26.1. The Balaban J connectivity index is 1.60. The van der Waals surface area contributed by atoms with Gasteiger partial charge >= 0.3 is 0 Å². The number of rotatable bonds is 5. The number of nitrogens with zero attached hydrogens (tertiary/aromatic N) is 3. The molecule has 1 fully saturated rings. The number of anilines is 2. The number of hydrogen-bond acceptors (Lipinski definition) is 6. The zero-order valence-electron chi connectivity index (χ0n) is 19.5. The van der Waals surface area contributed by atoms with Crippen LogP contribution in [0, 0.1) is 17.0 Å². The van der Waals surface area contributed by atoms with E-state index in [4.69, 9.17) is 16.6 Å². The highest BCUT2D eigenvalue weighted by atomic mass is 32.1. The SMILES string of the molecule is Cc1ccc(-c2ccc(C=C3C(=O)N(c4ccccc4)C(=S)N(c4ccccc4)C3=O)o2)c([N+](=O)[O-])c1. The van der Waals surface area contributed by atoms with Crippen LogP contribution in [0.25, 0.3) is 17.4 Å². The fourth-order valence-corrected chi connectivity index (χ4v) is 4.43. The molecule has 0 radical (unpaired) electrons. The Morgan fingerprint density at radius 2 is 1.41 bits per heavy atom. The van der Waals surface area contributed by atoms with Crippen LogP contribution in [0.1, 0.15) is 11.3 Å². The average Bonchev–Trinajstić information content (AvgIpc) is 3.36. The van der Waals surface area contributed by atoms with Crippen molar-refractivity contribution in [2.45, 2.75) is 6.92 Å². The van der Waals surface area contributed by atoms with Crippen molar-refractivity contribution >= 4 is 52.3 Å². The van der Waals surface area contributed by atoms with Crippen LogP contribution in [0.4, 0.5) is 17.1 Å². The molecule has 1 aromatic heterocycles. The standard InChI is InChI=1S/C28H19N3O5S/c1-18-12-14-22(24(16-18)31(34)35)25-15-13-21(36-25)17-23-26(32)29(19-8-4-2-5-9-19)28(37)30(27(23)33)20-10-6-3-7-11-20/h2-17H,1H3. The molecule has 0 N–H and O–H groups in total. The van der Waals surface area contributed by atoms with E-state index in [1.807, 2.05) is 12.1 Å². The summed E-state index contributed by atoms with van der Waals surface area (Å²) >= 11 is 5.60. The summed E-state index contributed by atoms with van der Waals surface area (Å²) in [5, 5.41) is 11.6. The molecule has 2 heterocycles. The van der Waals surface area contributed by atoms with E-state index in [9.17, 15) is 19.7 Å². The van der Waals surface area contributed by atoms with Crippen molar-refractivity contribution in [2.75, 3.05) is 9.80 Å². The first kappa shape index (κ1) is 23.8. The summed E-state index contributed by atoms with van der Waals surface area (Å²) in [4.78, 5) is 40.8. The van der Waals surface area contributed by atoms with Crippen molar-refractivity contribution in [1.82, 2.24) is 0 Å². The monoisotopic (exact) mass is 509 g/mol. The molecule has 0 unspecified atom stereocenters. The molecule has 5 rings (SSSR count). The highest BCUT2D eigenvalue weighted by Gasteiger charge is 2.41. The number of aryl methyl sites for hydroxylation is 1. The Labute approximate surface area is 217 Å². The minimum absolute atomic E-state index is 0.0277. The summed E-state index contributed by atoms with van der Waals surface area (Å²) in [6.07, 6.45) is 1.34. The number of furan rings is 1. The van der Waals surface area contributed by atoms with Gasteiger partial charge in [0.05, 0.1) is 21.9 Å². The molecule has 1 aliphatic heterocycles.